The number of carbonyl (C=O) groups is 3. The molecular formula is C16H20ClNO6. The molecule has 0 aliphatic rings. The highest BCUT2D eigenvalue weighted by atomic mass is 35.5. The Morgan fingerprint density at radius 1 is 1.33 bits per heavy atom. The average molecular weight is 358 g/mol. The monoisotopic (exact) mass is 357 g/mol. The standard InChI is InChI=1S/C16H20ClNO6/c1-4-9(2)14(16(22)23-3)18-13(20)8-24-15(21)11-7-10(17)5-6-12(11)19/h5-7,9,14,19H,4,8H2,1-3H3,(H,18,20)/t9-,14-/m0/s1. The summed E-state index contributed by atoms with van der Waals surface area (Å²) in [6, 6.07) is 3.06. The van der Waals surface area contributed by atoms with Crippen molar-refractivity contribution >= 4 is 29.4 Å². The fourth-order valence-corrected chi connectivity index (χ4v) is 2.06. The van der Waals surface area contributed by atoms with Crippen LogP contribution in [-0.4, -0.2) is 42.7 Å². The summed E-state index contributed by atoms with van der Waals surface area (Å²) in [5, 5.41) is 12.3. The molecule has 0 radical (unpaired) electrons. The number of rotatable bonds is 7. The average Bonchev–Trinajstić information content (AvgIpc) is 2.58. The number of ether oxygens (including phenoxy) is 2. The van der Waals surface area contributed by atoms with Crippen LogP contribution in [0.3, 0.4) is 0 Å². The zero-order valence-corrected chi connectivity index (χ0v) is 14.4. The molecule has 0 spiro atoms. The number of phenolic OH excluding ortho intramolecular Hbond substituents is 1. The molecule has 0 heterocycles. The highest BCUT2D eigenvalue weighted by Crippen LogP contribution is 2.22. The lowest BCUT2D eigenvalue weighted by Crippen LogP contribution is -2.47. The molecule has 1 aromatic rings. The third-order valence-electron chi connectivity index (χ3n) is 3.50. The second-order valence-electron chi connectivity index (χ2n) is 5.19. The van der Waals surface area contributed by atoms with Crippen LogP contribution in [0, 0.1) is 5.92 Å². The molecule has 0 bridgehead atoms. The summed E-state index contributed by atoms with van der Waals surface area (Å²) in [6.45, 7) is 3.06. The maximum atomic E-state index is 11.9. The number of carbonyl (C=O) groups excluding carboxylic acids is 3. The molecule has 7 nitrogen and oxygen atoms in total. The van der Waals surface area contributed by atoms with Crippen molar-refractivity contribution in [3.8, 4) is 5.75 Å². The Kier molecular flexibility index (Phi) is 7.51. The number of aromatic hydroxyl groups is 1. The number of hydrogen-bond donors (Lipinski definition) is 2. The van der Waals surface area contributed by atoms with Crippen LogP contribution in [0.4, 0.5) is 0 Å². The molecule has 0 saturated carbocycles. The minimum Gasteiger partial charge on any atom is -0.507 e. The van der Waals surface area contributed by atoms with Crippen LogP contribution in [0.15, 0.2) is 18.2 Å². The fourth-order valence-electron chi connectivity index (χ4n) is 1.89. The molecule has 24 heavy (non-hydrogen) atoms. The third-order valence-corrected chi connectivity index (χ3v) is 3.73. The summed E-state index contributed by atoms with van der Waals surface area (Å²) >= 11 is 5.74. The van der Waals surface area contributed by atoms with Gasteiger partial charge in [-0.3, -0.25) is 4.79 Å². The Labute approximate surface area is 144 Å². The molecule has 132 valence electrons. The van der Waals surface area contributed by atoms with Gasteiger partial charge in [0.15, 0.2) is 6.61 Å². The summed E-state index contributed by atoms with van der Waals surface area (Å²) in [7, 11) is 1.23. The Bertz CT molecular complexity index is 619. The Morgan fingerprint density at radius 2 is 2.00 bits per heavy atom. The van der Waals surface area contributed by atoms with E-state index in [1.165, 1.54) is 25.3 Å². The second-order valence-corrected chi connectivity index (χ2v) is 5.63. The van der Waals surface area contributed by atoms with E-state index in [2.05, 4.69) is 10.1 Å². The number of nitrogens with one attached hydrogen (secondary N) is 1. The number of amides is 1. The van der Waals surface area contributed by atoms with Crippen LogP contribution in [0.1, 0.15) is 30.6 Å². The van der Waals surface area contributed by atoms with E-state index in [4.69, 9.17) is 16.3 Å². The highest BCUT2D eigenvalue weighted by molar-refractivity contribution is 6.31. The Balaban J connectivity index is 2.66. The molecule has 2 N–H and O–H groups in total. The lowest BCUT2D eigenvalue weighted by atomic mass is 9.99. The van der Waals surface area contributed by atoms with Crippen molar-refractivity contribution in [2.45, 2.75) is 26.3 Å². The first-order valence-corrected chi connectivity index (χ1v) is 7.70. The molecule has 1 amide bonds. The summed E-state index contributed by atoms with van der Waals surface area (Å²) in [4.78, 5) is 35.5. The first-order valence-electron chi connectivity index (χ1n) is 7.33. The quantitative estimate of drug-likeness (QED) is 0.723. The normalized spacial score (nSPS) is 12.8. The van der Waals surface area contributed by atoms with E-state index in [1.54, 1.807) is 6.92 Å². The van der Waals surface area contributed by atoms with Crippen molar-refractivity contribution in [1.29, 1.82) is 0 Å². The highest BCUT2D eigenvalue weighted by Gasteiger charge is 2.27. The number of hydrogen-bond acceptors (Lipinski definition) is 6. The number of halogens is 1. The molecule has 2 atom stereocenters. The van der Waals surface area contributed by atoms with Crippen molar-refractivity contribution in [2.24, 2.45) is 5.92 Å². The van der Waals surface area contributed by atoms with Gasteiger partial charge in [0.25, 0.3) is 5.91 Å². The lowest BCUT2D eigenvalue weighted by Gasteiger charge is -2.21. The van der Waals surface area contributed by atoms with Gasteiger partial charge in [-0.05, 0) is 24.1 Å². The van der Waals surface area contributed by atoms with E-state index in [9.17, 15) is 19.5 Å². The summed E-state index contributed by atoms with van der Waals surface area (Å²) in [6.07, 6.45) is 0.649. The number of phenols is 1. The molecule has 1 rings (SSSR count). The van der Waals surface area contributed by atoms with Gasteiger partial charge in [-0.25, -0.2) is 9.59 Å². The van der Waals surface area contributed by atoms with Gasteiger partial charge in [-0.2, -0.15) is 0 Å². The van der Waals surface area contributed by atoms with Crippen molar-refractivity contribution in [1.82, 2.24) is 5.32 Å². The maximum absolute atomic E-state index is 11.9. The molecular weight excluding hydrogens is 338 g/mol. The van der Waals surface area contributed by atoms with E-state index in [-0.39, 0.29) is 22.3 Å². The number of benzene rings is 1. The first-order chi connectivity index (χ1) is 11.3. The topological polar surface area (TPSA) is 102 Å². The SMILES string of the molecule is CC[C@H](C)[C@H](NC(=O)COC(=O)c1cc(Cl)ccc1O)C(=O)OC. The summed E-state index contributed by atoms with van der Waals surface area (Å²) in [5.41, 5.74) is -0.151. The Morgan fingerprint density at radius 3 is 2.58 bits per heavy atom. The van der Waals surface area contributed by atoms with Crippen LogP contribution >= 0.6 is 11.6 Å². The minimum atomic E-state index is -0.900. The van der Waals surface area contributed by atoms with Crippen LogP contribution in [-0.2, 0) is 19.1 Å². The van der Waals surface area contributed by atoms with Gasteiger partial charge >= 0.3 is 11.9 Å². The molecule has 1 aromatic carbocycles. The van der Waals surface area contributed by atoms with Crippen LogP contribution < -0.4 is 5.32 Å². The maximum Gasteiger partial charge on any atom is 0.342 e. The summed E-state index contributed by atoms with van der Waals surface area (Å²) in [5.74, 6) is -2.58. The van der Waals surface area contributed by atoms with Crippen molar-refractivity contribution < 1.29 is 29.0 Å². The molecule has 0 unspecified atom stereocenters. The van der Waals surface area contributed by atoms with Gasteiger partial charge < -0.3 is 19.9 Å². The van der Waals surface area contributed by atoms with Crippen molar-refractivity contribution in [2.75, 3.05) is 13.7 Å². The van der Waals surface area contributed by atoms with Gasteiger partial charge in [0.2, 0.25) is 0 Å². The van der Waals surface area contributed by atoms with E-state index >= 15 is 0 Å². The first kappa shape index (κ1) is 19.8. The Hall–Kier alpha value is -2.28. The van der Waals surface area contributed by atoms with Gasteiger partial charge in [0.05, 0.1) is 7.11 Å². The predicted octanol–water partition coefficient (Wildman–Crippen LogP) is 1.91. The lowest BCUT2D eigenvalue weighted by molar-refractivity contribution is -0.147. The zero-order valence-electron chi connectivity index (χ0n) is 13.7. The van der Waals surface area contributed by atoms with E-state index in [0.717, 1.165) is 0 Å². The molecule has 0 fully saturated rings. The predicted molar refractivity (Wildman–Crippen MR) is 86.8 cm³/mol. The van der Waals surface area contributed by atoms with E-state index in [1.807, 2.05) is 6.92 Å². The van der Waals surface area contributed by atoms with Crippen LogP contribution in [0.2, 0.25) is 5.02 Å². The smallest absolute Gasteiger partial charge is 0.342 e. The number of methoxy groups -OCH3 is 1. The van der Waals surface area contributed by atoms with Gasteiger partial charge in [0.1, 0.15) is 17.4 Å². The molecule has 0 aromatic heterocycles. The molecule has 0 saturated heterocycles. The van der Waals surface area contributed by atoms with Crippen molar-refractivity contribution in [3.05, 3.63) is 28.8 Å². The van der Waals surface area contributed by atoms with Gasteiger partial charge in [-0.15, -0.1) is 0 Å². The van der Waals surface area contributed by atoms with Gasteiger partial charge in [-0.1, -0.05) is 31.9 Å². The van der Waals surface area contributed by atoms with E-state index in [0.29, 0.717) is 6.42 Å². The fraction of sp³-hybridized carbons (Fsp3) is 0.438. The molecule has 0 aliphatic heterocycles. The van der Waals surface area contributed by atoms with E-state index < -0.39 is 30.5 Å². The number of esters is 2. The molecule has 8 heteroatoms. The third kappa shape index (κ3) is 5.42. The summed E-state index contributed by atoms with van der Waals surface area (Å²) < 4.78 is 9.48. The second kappa shape index (κ2) is 9.12. The largest absolute Gasteiger partial charge is 0.507 e. The zero-order chi connectivity index (χ0) is 18.3. The van der Waals surface area contributed by atoms with Crippen LogP contribution in [0.5, 0.6) is 5.75 Å². The van der Waals surface area contributed by atoms with Crippen molar-refractivity contribution in [3.63, 3.8) is 0 Å². The van der Waals surface area contributed by atoms with Gasteiger partial charge in [0, 0.05) is 5.02 Å². The van der Waals surface area contributed by atoms with Crippen LogP contribution in [0.25, 0.3) is 0 Å². The molecule has 0 aliphatic carbocycles. The minimum absolute atomic E-state index is 0.144.